The molecule has 0 spiro atoms. The van der Waals surface area contributed by atoms with Gasteiger partial charge in [0.2, 0.25) is 0 Å². The number of hydrogen-bond acceptors (Lipinski definition) is 4. The van der Waals surface area contributed by atoms with Gasteiger partial charge in [0, 0.05) is 12.1 Å². The Hall–Kier alpha value is -1.54. The summed E-state index contributed by atoms with van der Waals surface area (Å²) < 4.78 is 43.2. The lowest BCUT2D eigenvalue weighted by atomic mass is 10.0. The molecule has 0 saturated carbocycles. The van der Waals surface area contributed by atoms with Crippen LogP contribution in [0.25, 0.3) is 10.2 Å². The third-order valence-electron chi connectivity index (χ3n) is 3.25. The third-order valence-corrected chi connectivity index (χ3v) is 4.20. The highest BCUT2D eigenvalue weighted by Crippen LogP contribution is 2.36. The fraction of sp³-hybridized carbons (Fsp3) is 0.417. The third kappa shape index (κ3) is 2.29. The zero-order chi connectivity index (χ0) is 14.5. The summed E-state index contributed by atoms with van der Waals surface area (Å²) in [4.78, 5) is 0.263. The van der Waals surface area contributed by atoms with E-state index in [4.69, 9.17) is 5.41 Å². The summed E-state index contributed by atoms with van der Waals surface area (Å²) in [6.45, 7) is 0.586. The van der Waals surface area contributed by atoms with E-state index in [1.54, 1.807) is 4.57 Å². The van der Waals surface area contributed by atoms with Gasteiger partial charge in [0.05, 0.1) is 16.3 Å². The second-order valence-corrected chi connectivity index (χ2v) is 5.65. The molecule has 2 N–H and O–H groups in total. The molecule has 20 heavy (non-hydrogen) atoms. The average molecular weight is 304 g/mol. The van der Waals surface area contributed by atoms with E-state index in [9.17, 15) is 18.3 Å². The topological polar surface area (TPSA) is 58.2 Å². The summed E-state index contributed by atoms with van der Waals surface area (Å²) in [5.41, 5.74) is 1.04. The zero-order valence-electron chi connectivity index (χ0n) is 10.2. The molecule has 0 radical (unpaired) electrons. The van der Waals surface area contributed by atoms with Crippen molar-refractivity contribution in [1.82, 2.24) is 4.57 Å². The smallest absolute Gasteiger partial charge is 0.406 e. The lowest BCUT2D eigenvalue weighted by Crippen LogP contribution is -2.17. The van der Waals surface area contributed by atoms with Crippen LogP contribution in [0.2, 0.25) is 0 Å². The highest BCUT2D eigenvalue weighted by atomic mass is 32.1. The van der Waals surface area contributed by atoms with Crippen LogP contribution >= 0.6 is 11.3 Å². The van der Waals surface area contributed by atoms with E-state index in [1.807, 2.05) is 0 Å². The molecule has 0 saturated heterocycles. The second-order valence-electron chi connectivity index (χ2n) is 4.62. The minimum Gasteiger partial charge on any atom is -0.406 e. The molecule has 1 atom stereocenters. The fourth-order valence-corrected chi connectivity index (χ4v) is 3.49. The van der Waals surface area contributed by atoms with E-state index >= 15 is 0 Å². The summed E-state index contributed by atoms with van der Waals surface area (Å²) in [7, 11) is 0. The summed E-state index contributed by atoms with van der Waals surface area (Å²) in [5.74, 6) is -0.352. The van der Waals surface area contributed by atoms with E-state index in [1.165, 1.54) is 12.1 Å². The maximum atomic E-state index is 12.3. The van der Waals surface area contributed by atoms with Crippen LogP contribution in [0.4, 0.5) is 13.2 Å². The fourth-order valence-electron chi connectivity index (χ4n) is 2.49. The molecule has 0 aliphatic carbocycles. The number of aliphatic hydroxyl groups is 1. The Kier molecular flexibility index (Phi) is 3.02. The van der Waals surface area contributed by atoms with Gasteiger partial charge in [0.15, 0.2) is 4.80 Å². The van der Waals surface area contributed by atoms with E-state index in [0.29, 0.717) is 35.2 Å². The van der Waals surface area contributed by atoms with Gasteiger partial charge >= 0.3 is 6.36 Å². The summed E-state index contributed by atoms with van der Waals surface area (Å²) in [6, 6.07) is 2.48. The normalized spacial score (nSPS) is 19.1. The van der Waals surface area contributed by atoms with E-state index < -0.39 is 12.5 Å². The Balaban J connectivity index is 2.23. The highest BCUT2D eigenvalue weighted by molar-refractivity contribution is 7.16. The molecule has 8 heteroatoms. The first kappa shape index (κ1) is 13.4. The van der Waals surface area contributed by atoms with Crippen molar-refractivity contribution in [3.63, 3.8) is 0 Å². The lowest BCUT2D eigenvalue weighted by molar-refractivity contribution is -0.274. The molecule has 4 nitrogen and oxygen atoms in total. The van der Waals surface area contributed by atoms with Crippen LogP contribution in [0.1, 0.15) is 24.5 Å². The van der Waals surface area contributed by atoms with Crippen LogP contribution in [-0.4, -0.2) is 16.0 Å². The predicted molar refractivity (Wildman–Crippen MR) is 66.5 cm³/mol. The maximum absolute atomic E-state index is 12.3. The van der Waals surface area contributed by atoms with Crippen molar-refractivity contribution in [2.75, 3.05) is 0 Å². The van der Waals surface area contributed by atoms with Crippen LogP contribution in [0.3, 0.4) is 0 Å². The number of alkyl halides is 3. The quantitative estimate of drug-likeness (QED) is 0.851. The van der Waals surface area contributed by atoms with E-state index in [-0.39, 0.29) is 10.6 Å². The lowest BCUT2D eigenvalue weighted by Gasteiger charge is -2.13. The largest absolute Gasteiger partial charge is 0.573 e. The first-order chi connectivity index (χ1) is 9.35. The minimum absolute atomic E-state index is 0.263. The molecule has 2 heterocycles. The van der Waals surface area contributed by atoms with Crippen molar-refractivity contribution < 1.29 is 23.0 Å². The molecule has 1 aliphatic heterocycles. The number of hydrogen-bond donors (Lipinski definition) is 2. The molecule has 108 valence electrons. The highest BCUT2D eigenvalue weighted by Gasteiger charge is 2.32. The zero-order valence-corrected chi connectivity index (χ0v) is 11.0. The minimum atomic E-state index is -4.77. The SMILES string of the molecule is N=c1sc2cc(OC(F)(F)F)cc3c2n1CCC[C@H]3O. The summed E-state index contributed by atoms with van der Waals surface area (Å²) in [5, 5.41) is 18.0. The van der Waals surface area contributed by atoms with E-state index in [0.717, 1.165) is 11.3 Å². The van der Waals surface area contributed by atoms with Gasteiger partial charge in [-0.1, -0.05) is 11.3 Å². The van der Waals surface area contributed by atoms with Crippen LogP contribution in [0.5, 0.6) is 5.75 Å². The molecular formula is C12H11F3N2O2S. The van der Waals surface area contributed by atoms with Gasteiger partial charge in [-0.25, -0.2) is 0 Å². The van der Waals surface area contributed by atoms with Crippen LogP contribution < -0.4 is 9.54 Å². The van der Waals surface area contributed by atoms with Crippen LogP contribution in [0, 0.1) is 5.41 Å². The van der Waals surface area contributed by atoms with Crippen LogP contribution in [0.15, 0.2) is 12.1 Å². The number of thiazole rings is 1. The van der Waals surface area contributed by atoms with Crippen molar-refractivity contribution in [3.05, 3.63) is 22.5 Å². The summed E-state index contributed by atoms with van der Waals surface area (Å²) >= 11 is 1.08. The van der Waals surface area contributed by atoms with Crippen molar-refractivity contribution in [2.24, 2.45) is 0 Å². The number of halogens is 3. The molecule has 3 rings (SSSR count). The van der Waals surface area contributed by atoms with E-state index in [2.05, 4.69) is 4.74 Å². The van der Waals surface area contributed by atoms with Crippen LogP contribution in [-0.2, 0) is 6.54 Å². The number of rotatable bonds is 1. The van der Waals surface area contributed by atoms with Gasteiger partial charge in [-0.3, -0.25) is 5.41 Å². The summed E-state index contributed by atoms with van der Waals surface area (Å²) in [6.07, 6.45) is -4.48. The van der Waals surface area contributed by atoms with Crippen molar-refractivity contribution in [3.8, 4) is 5.75 Å². The molecule has 1 aliphatic rings. The molecule has 0 unspecified atom stereocenters. The number of aryl methyl sites for hydroxylation is 1. The van der Waals surface area contributed by atoms with Gasteiger partial charge in [-0.15, -0.1) is 13.2 Å². The number of benzene rings is 1. The number of nitrogens with one attached hydrogen (secondary N) is 1. The molecule has 0 fully saturated rings. The van der Waals surface area contributed by atoms with Gasteiger partial charge in [0.25, 0.3) is 0 Å². The maximum Gasteiger partial charge on any atom is 0.573 e. The number of aromatic nitrogens is 1. The first-order valence-corrected chi connectivity index (χ1v) is 6.82. The molecule has 0 bridgehead atoms. The predicted octanol–water partition coefficient (Wildman–Crippen LogP) is 2.91. The standard InChI is InChI=1S/C12H11F3N2O2S/c13-12(14,15)19-6-4-7-8(18)2-1-3-17-10(7)9(5-6)20-11(17)16/h4-5,8,16,18H,1-3H2/t8-/m1/s1. The monoisotopic (exact) mass is 304 g/mol. The van der Waals surface area contributed by atoms with Gasteiger partial charge in [-0.05, 0) is 25.0 Å². The Morgan fingerprint density at radius 3 is 2.85 bits per heavy atom. The second kappa shape index (κ2) is 4.49. The number of ether oxygens (including phenoxy) is 1. The Labute approximate surface area is 115 Å². The van der Waals surface area contributed by atoms with Crippen molar-refractivity contribution in [1.29, 1.82) is 5.41 Å². The van der Waals surface area contributed by atoms with Gasteiger partial charge < -0.3 is 14.4 Å². The number of nitrogens with zero attached hydrogens (tertiary/aromatic N) is 1. The Morgan fingerprint density at radius 2 is 2.15 bits per heavy atom. The average Bonchev–Trinajstić information content (AvgIpc) is 2.51. The molecule has 0 amide bonds. The molecular weight excluding hydrogens is 293 g/mol. The van der Waals surface area contributed by atoms with Crippen molar-refractivity contribution >= 4 is 21.6 Å². The van der Waals surface area contributed by atoms with Gasteiger partial charge in [-0.2, -0.15) is 0 Å². The van der Waals surface area contributed by atoms with Gasteiger partial charge in [0.1, 0.15) is 5.75 Å². The molecule has 1 aromatic carbocycles. The Bertz CT molecular complexity index is 720. The van der Waals surface area contributed by atoms with Crippen molar-refractivity contribution in [2.45, 2.75) is 31.9 Å². The first-order valence-electron chi connectivity index (χ1n) is 6.01. The Morgan fingerprint density at radius 1 is 1.40 bits per heavy atom. The molecule has 1 aromatic heterocycles. The number of aliphatic hydroxyl groups excluding tert-OH is 1. The molecule has 2 aromatic rings.